The zero-order chi connectivity index (χ0) is 14.0. The largest absolute Gasteiger partial charge is 0.306 e. The first kappa shape index (κ1) is 14.3. The number of hydrogen-bond donors (Lipinski definition) is 1. The van der Waals surface area contributed by atoms with Crippen LogP contribution >= 0.6 is 15.9 Å². The Morgan fingerprint density at radius 3 is 2.68 bits per heavy atom. The molecule has 0 aliphatic rings. The van der Waals surface area contributed by atoms with Crippen molar-refractivity contribution in [2.24, 2.45) is 7.05 Å². The second-order valence-electron chi connectivity index (χ2n) is 4.93. The van der Waals surface area contributed by atoms with Crippen molar-refractivity contribution in [1.82, 2.24) is 15.1 Å². The SMILES string of the molecule is Cc1nn(C)c(C)c1CN[C@@H](C)c1cccc(Br)c1. The maximum Gasteiger partial charge on any atom is 0.0641 e. The molecule has 2 aromatic rings. The van der Waals surface area contributed by atoms with E-state index in [0.29, 0.717) is 6.04 Å². The Balaban J connectivity index is 2.06. The van der Waals surface area contributed by atoms with Crippen molar-refractivity contribution in [3.8, 4) is 0 Å². The molecule has 3 nitrogen and oxygen atoms in total. The lowest BCUT2D eigenvalue weighted by Gasteiger charge is -2.15. The van der Waals surface area contributed by atoms with Gasteiger partial charge in [0, 0.05) is 35.4 Å². The molecule has 1 aromatic heterocycles. The maximum atomic E-state index is 4.44. The van der Waals surface area contributed by atoms with E-state index in [4.69, 9.17) is 0 Å². The Bertz CT molecular complexity index is 575. The summed E-state index contributed by atoms with van der Waals surface area (Å²) in [5, 5.41) is 8.01. The average Bonchev–Trinajstić information content (AvgIpc) is 2.61. The van der Waals surface area contributed by atoms with Crippen LogP contribution in [0.2, 0.25) is 0 Å². The maximum absolute atomic E-state index is 4.44. The number of hydrogen-bond acceptors (Lipinski definition) is 2. The van der Waals surface area contributed by atoms with Gasteiger partial charge in [0.05, 0.1) is 5.69 Å². The van der Waals surface area contributed by atoms with Gasteiger partial charge in [-0.05, 0) is 38.5 Å². The minimum Gasteiger partial charge on any atom is -0.306 e. The van der Waals surface area contributed by atoms with Crippen molar-refractivity contribution in [3.05, 3.63) is 51.3 Å². The smallest absolute Gasteiger partial charge is 0.0641 e. The molecule has 0 unspecified atom stereocenters. The van der Waals surface area contributed by atoms with E-state index >= 15 is 0 Å². The summed E-state index contributed by atoms with van der Waals surface area (Å²) in [7, 11) is 1.99. The lowest BCUT2D eigenvalue weighted by atomic mass is 10.1. The summed E-state index contributed by atoms with van der Waals surface area (Å²) in [6, 6.07) is 8.73. The predicted molar refractivity (Wildman–Crippen MR) is 82.1 cm³/mol. The van der Waals surface area contributed by atoms with Gasteiger partial charge < -0.3 is 5.32 Å². The highest BCUT2D eigenvalue weighted by atomic mass is 79.9. The molecule has 0 aliphatic heterocycles. The molecule has 0 saturated heterocycles. The number of benzene rings is 1. The van der Waals surface area contributed by atoms with Gasteiger partial charge in [0.1, 0.15) is 0 Å². The third-order valence-corrected chi connectivity index (χ3v) is 4.09. The van der Waals surface area contributed by atoms with Gasteiger partial charge in [-0.2, -0.15) is 5.10 Å². The molecule has 1 heterocycles. The van der Waals surface area contributed by atoms with E-state index in [9.17, 15) is 0 Å². The van der Waals surface area contributed by atoms with Crippen LogP contribution in [0.25, 0.3) is 0 Å². The molecule has 0 saturated carbocycles. The lowest BCUT2D eigenvalue weighted by molar-refractivity contribution is 0.571. The van der Waals surface area contributed by atoms with Crippen LogP contribution in [0.3, 0.4) is 0 Å². The highest BCUT2D eigenvalue weighted by Gasteiger charge is 2.11. The molecule has 1 atom stereocenters. The molecule has 4 heteroatoms. The second kappa shape index (κ2) is 5.88. The van der Waals surface area contributed by atoms with Gasteiger partial charge in [-0.15, -0.1) is 0 Å². The first-order valence-corrected chi connectivity index (χ1v) is 7.26. The van der Waals surface area contributed by atoms with E-state index in [0.717, 1.165) is 16.7 Å². The Kier molecular flexibility index (Phi) is 4.42. The van der Waals surface area contributed by atoms with Crippen LogP contribution < -0.4 is 5.32 Å². The number of halogens is 1. The van der Waals surface area contributed by atoms with Crippen molar-refractivity contribution >= 4 is 15.9 Å². The number of nitrogens with zero attached hydrogens (tertiary/aromatic N) is 2. The van der Waals surface area contributed by atoms with Crippen LogP contribution in [0, 0.1) is 13.8 Å². The molecule has 19 heavy (non-hydrogen) atoms. The number of aromatic nitrogens is 2. The standard InChI is InChI=1S/C15H20BrN3/c1-10(13-6-5-7-14(16)8-13)17-9-15-11(2)18-19(4)12(15)3/h5-8,10,17H,9H2,1-4H3/t10-/m0/s1. The first-order chi connectivity index (χ1) is 8.99. The fraction of sp³-hybridized carbons (Fsp3) is 0.400. The molecule has 0 aliphatic carbocycles. The molecule has 0 spiro atoms. The summed E-state index contributed by atoms with van der Waals surface area (Å²) in [6.45, 7) is 7.20. The van der Waals surface area contributed by atoms with Gasteiger partial charge in [0.2, 0.25) is 0 Å². The van der Waals surface area contributed by atoms with Gasteiger partial charge in [-0.1, -0.05) is 28.1 Å². The highest BCUT2D eigenvalue weighted by molar-refractivity contribution is 9.10. The molecule has 1 N–H and O–H groups in total. The van der Waals surface area contributed by atoms with Gasteiger partial charge in [0.25, 0.3) is 0 Å². The van der Waals surface area contributed by atoms with Crippen molar-refractivity contribution in [3.63, 3.8) is 0 Å². The van der Waals surface area contributed by atoms with E-state index in [2.05, 4.69) is 65.3 Å². The van der Waals surface area contributed by atoms with Crippen LogP contribution in [0.1, 0.15) is 35.5 Å². The van der Waals surface area contributed by atoms with E-state index in [1.807, 2.05) is 17.8 Å². The predicted octanol–water partition coefficient (Wildman–Crippen LogP) is 3.65. The Hall–Kier alpha value is -1.13. The van der Waals surface area contributed by atoms with E-state index in [-0.39, 0.29) is 0 Å². The molecular formula is C15H20BrN3. The quantitative estimate of drug-likeness (QED) is 0.931. The minimum atomic E-state index is 0.316. The van der Waals surface area contributed by atoms with Crippen LogP contribution in [0.5, 0.6) is 0 Å². The minimum absolute atomic E-state index is 0.316. The van der Waals surface area contributed by atoms with Crippen molar-refractivity contribution < 1.29 is 0 Å². The summed E-state index contributed by atoms with van der Waals surface area (Å²) < 4.78 is 3.06. The number of rotatable bonds is 4. The zero-order valence-corrected chi connectivity index (χ0v) is 13.5. The fourth-order valence-corrected chi connectivity index (χ4v) is 2.64. The fourth-order valence-electron chi connectivity index (χ4n) is 2.22. The third kappa shape index (κ3) is 3.25. The molecule has 1 aromatic carbocycles. The third-order valence-electron chi connectivity index (χ3n) is 3.59. The molecule has 0 amide bonds. The van der Waals surface area contributed by atoms with Crippen LogP contribution in [0.4, 0.5) is 0 Å². The summed E-state index contributed by atoms with van der Waals surface area (Å²) >= 11 is 3.51. The van der Waals surface area contributed by atoms with Gasteiger partial charge >= 0.3 is 0 Å². The van der Waals surface area contributed by atoms with E-state index in [1.54, 1.807) is 0 Å². The molecule has 0 bridgehead atoms. The topological polar surface area (TPSA) is 29.9 Å². The van der Waals surface area contributed by atoms with Crippen molar-refractivity contribution in [1.29, 1.82) is 0 Å². The Labute approximate surface area is 123 Å². The zero-order valence-electron chi connectivity index (χ0n) is 11.9. The normalized spacial score (nSPS) is 12.7. The van der Waals surface area contributed by atoms with E-state index in [1.165, 1.54) is 16.8 Å². The van der Waals surface area contributed by atoms with Crippen molar-refractivity contribution in [2.45, 2.75) is 33.4 Å². The van der Waals surface area contributed by atoms with Crippen LogP contribution in [0.15, 0.2) is 28.7 Å². The molecule has 0 radical (unpaired) electrons. The van der Waals surface area contributed by atoms with Crippen LogP contribution in [-0.4, -0.2) is 9.78 Å². The lowest BCUT2D eigenvalue weighted by Crippen LogP contribution is -2.18. The summed E-state index contributed by atoms with van der Waals surface area (Å²) in [6.07, 6.45) is 0. The molecular weight excluding hydrogens is 302 g/mol. The highest BCUT2D eigenvalue weighted by Crippen LogP contribution is 2.19. The molecule has 102 valence electrons. The van der Waals surface area contributed by atoms with Gasteiger partial charge in [0.15, 0.2) is 0 Å². The first-order valence-electron chi connectivity index (χ1n) is 6.47. The Morgan fingerprint density at radius 1 is 1.37 bits per heavy atom. The van der Waals surface area contributed by atoms with Gasteiger partial charge in [-0.3, -0.25) is 4.68 Å². The number of nitrogens with one attached hydrogen (secondary N) is 1. The molecule has 0 fully saturated rings. The average molecular weight is 322 g/mol. The summed E-state index contributed by atoms with van der Waals surface area (Å²) in [5.41, 5.74) is 4.92. The Morgan fingerprint density at radius 2 is 2.11 bits per heavy atom. The van der Waals surface area contributed by atoms with Crippen molar-refractivity contribution in [2.75, 3.05) is 0 Å². The summed E-state index contributed by atoms with van der Waals surface area (Å²) in [5.74, 6) is 0. The van der Waals surface area contributed by atoms with Crippen LogP contribution in [-0.2, 0) is 13.6 Å². The monoisotopic (exact) mass is 321 g/mol. The second-order valence-corrected chi connectivity index (χ2v) is 5.85. The van der Waals surface area contributed by atoms with Gasteiger partial charge in [-0.25, -0.2) is 0 Å². The number of aryl methyl sites for hydroxylation is 2. The summed E-state index contributed by atoms with van der Waals surface area (Å²) in [4.78, 5) is 0. The molecule has 2 rings (SSSR count). The van der Waals surface area contributed by atoms with E-state index < -0.39 is 0 Å².